The molecule has 1 atom stereocenters. The van der Waals surface area contributed by atoms with E-state index in [9.17, 15) is 5.11 Å². The van der Waals surface area contributed by atoms with Crippen molar-refractivity contribution in [3.8, 4) is 0 Å². The standard InChI is InChI=1S/C18H18O.2ClH.Ti/c1-12-6-5-9-15(12)17-11-10-14-7-3-4-8-16(14)18(17)13(2)19;;;/h3-8,10-11,13,19H,9H2,1-2H3;2*1H;/q;;;+2/p-2. The Balaban J connectivity index is 0.00000147. The first kappa shape index (κ1) is 21.4. The molecule has 0 radical (unpaired) electrons. The molecule has 0 aromatic heterocycles. The second-order valence-electron chi connectivity index (χ2n) is 5.19. The van der Waals surface area contributed by atoms with Gasteiger partial charge in [-0.2, -0.15) is 0 Å². The minimum absolute atomic E-state index is 0. The van der Waals surface area contributed by atoms with Gasteiger partial charge in [-0.15, -0.1) is 0 Å². The minimum atomic E-state index is -0.456. The summed E-state index contributed by atoms with van der Waals surface area (Å²) in [5.74, 6) is 0. The summed E-state index contributed by atoms with van der Waals surface area (Å²) in [6.07, 6.45) is 4.85. The van der Waals surface area contributed by atoms with Crippen molar-refractivity contribution in [1.82, 2.24) is 0 Å². The Kier molecular flexibility index (Phi) is 8.68. The summed E-state index contributed by atoms with van der Waals surface area (Å²) in [6.45, 7) is 3.99. The summed E-state index contributed by atoms with van der Waals surface area (Å²) in [6, 6.07) is 12.6. The van der Waals surface area contributed by atoms with Gasteiger partial charge in [0.2, 0.25) is 0 Å². The molecule has 114 valence electrons. The van der Waals surface area contributed by atoms with E-state index in [1.807, 2.05) is 19.1 Å². The number of benzene rings is 2. The number of aliphatic hydroxyl groups excluding tert-OH is 1. The molecule has 2 aromatic rings. The Morgan fingerprint density at radius 3 is 2.32 bits per heavy atom. The molecule has 0 amide bonds. The van der Waals surface area contributed by atoms with Crippen LogP contribution in [-0.2, 0) is 21.7 Å². The largest absolute Gasteiger partial charge is 2.00 e. The predicted octanol–water partition coefficient (Wildman–Crippen LogP) is -1.37. The average molecular weight is 369 g/mol. The number of fused-ring (bicyclic) bond motifs is 1. The average Bonchev–Trinajstić information content (AvgIpc) is 2.83. The van der Waals surface area contributed by atoms with Crippen LogP contribution < -0.4 is 24.8 Å². The molecule has 4 heteroatoms. The molecule has 1 aliphatic rings. The van der Waals surface area contributed by atoms with Crippen LogP contribution in [-0.4, -0.2) is 5.11 Å². The van der Waals surface area contributed by atoms with Crippen LogP contribution in [0.1, 0.15) is 37.5 Å². The van der Waals surface area contributed by atoms with E-state index < -0.39 is 6.10 Å². The molecule has 1 aliphatic carbocycles. The molecule has 1 unspecified atom stereocenters. The van der Waals surface area contributed by atoms with Crippen LogP contribution in [0.3, 0.4) is 0 Å². The van der Waals surface area contributed by atoms with E-state index in [1.165, 1.54) is 22.1 Å². The second-order valence-corrected chi connectivity index (χ2v) is 5.19. The maximum Gasteiger partial charge on any atom is 2.00 e. The number of halogens is 2. The molecular weight excluding hydrogens is 351 g/mol. The molecule has 3 rings (SSSR count). The summed E-state index contributed by atoms with van der Waals surface area (Å²) in [4.78, 5) is 0. The molecule has 0 saturated heterocycles. The van der Waals surface area contributed by atoms with Gasteiger partial charge in [-0.25, -0.2) is 0 Å². The van der Waals surface area contributed by atoms with Gasteiger partial charge < -0.3 is 29.9 Å². The first-order chi connectivity index (χ1) is 9.18. The zero-order valence-corrected chi connectivity index (χ0v) is 15.7. The first-order valence-electron chi connectivity index (χ1n) is 6.75. The van der Waals surface area contributed by atoms with Crippen molar-refractivity contribution in [2.24, 2.45) is 0 Å². The Morgan fingerprint density at radius 2 is 1.73 bits per heavy atom. The van der Waals surface area contributed by atoms with Crippen molar-refractivity contribution in [2.75, 3.05) is 0 Å². The molecule has 0 bridgehead atoms. The van der Waals surface area contributed by atoms with Crippen LogP contribution in [0.5, 0.6) is 0 Å². The van der Waals surface area contributed by atoms with Crippen LogP contribution in [0.25, 0.3) is 16.3 Å². The Hall–Kier alpha value is -0.566. The molecule has 0 fully saturated rings. The fourth-order valence-corrected chi connectivity index (χ4v) is 2.95. The molecule has 1 nitrogen and oxygen atoms in total. The number of hydrogen-bond donors (Lipinski definition) is 1. The van der Waals surface area contributed by atoms with Gasteiger partial charge in [-0.1, -0.05) is 48.6 Å². The molecule has 0 saturated carbocycles. The maximum atomic E-state index is 10.2. The zero-order chi connectivity index (χ0) is 13.4. The van der Waals surface area contributed by atoms with Crippen LogP contribution >= 0.6 is 0 Å². The van der Waals surface area contributed by atoms with Crippen molar-refractivity contribution in [3.05, 3.63) is 65.3 Å². The van der Waals surface area contributed by atoms with Gasteiger partial charge in [0.25, 0.3) is 0 Å². The van der Waals surface area contributed by atoms with E-state index in [4.69, 9.17) is 0 Å². The quantitative estimate of drug-likeness (QED) is 0.649. The van der Waals surface area contributed by atoms with Crippen LogP contribution in [0.2, 0.25) is 0 Å². The van der Waals surface area contributed by atoms with Gasteiger partial charge in [0.05, 0.1) is 6.10 Å². The van der Waals surface area contributed by atoms with Crippen LogP contribution in [0, 0.1) is 0 Å². The number of allylic oxidation sites excluding steroid dienone is 4. The fraction of sp³-hybridized carbons (Fsp3) is 0.222. The Labute approximate surface area is 159 Å². The second kappa shape index (κ2) is 8.91. The van der Waals surface area contributed by atoms with Crippen molar-refractivity contribution < 1.29 is 51.6 Å². The summed E-state index contributed by atoms with van der Waals surface area (Å²) in [5.41, 5.74) is 4.88. The summed E-state index contributed by atoms with van der Waals surface area (Å²) < 4.78 is 0. The van der Waals surface area contributed by atoms with Crippen molar-refractivity contribution in [1.29, 1.82) is 0 Å². The molecule has 22 heavy (non-hydrogen) atoms. The van der Waals surface area contributed by atoms with Crippen molar-refractivity contribution >= 4 is 16.3 Å². The van der Waals surface area contributed by atoms with E-state index in [2.05, 4.69) is 43.3 Å². The van der Waals surface area contributed by atoms with Gasteiger partial charge in [0.15, 0.2) is 0 Å². The molecule has 0 spiro atoms. The summed E-state index contributed by atoms with van der Waals surface area (Å²) in [5, 5.41) is 12.5. The van der Waals surface area contributed by atoms with E-state index in [0.29, 0.717) is 0 Å². The van der Waals surface area contributed by atoms with Gasteiger partial charge in [-0.05, 0) is 53.3 Å². The van der Waals surface area contributed by atoms with E-state index in [1.54, 1.807) is 0 Å². The minimum Gasteiger partial charge on any atom is -1.00 e. The normalized spacial score (nSPS) is 14.1. The van der Waals surface area contributed by atoms with E-state index in [0.717, 1.165) is 17.4 Å². The smallest absolute Gasteiger partial charge is 1.00 e. The summed E-state index contributed by atoms with van der Waals surface area (Å²) >= 11 is 0. The number of aliphatic hydroxyl groups is 1. The molecular formula is C18H18Cl2OTi. The zero-order valence-electron chi connectivity index (χ0n) is 12.6. The molecule has 1 N–H and O–H groups in total. The van der Waals surface area contributed by atoms with E-state index >= 15 is 0 Å². The number of rotatable bonds is 2. The van der Waals surface area contributed by atoms with Gasteiger partial charge in [0.1, 0.15) is 0 Å². The molecule has 0 heterocycles. The van der Waals surface area contributed by atoms with Gasteiger partial charge >= 0.3 is 21.7 Å². The third-order valence-electron chi connectivity index (χ3n) is 3.88. The van der Waals surface area contributed by atoms with Gasteiger partial charge in [0, 0.05) is 0 Å². The van der Waals surface area contributed by atoms with E-state index in [-0.39, 0.29) is 46.5 Å². The fourth-order valence-electron chi connectivity index (χ4n) is 2.95. The van der Waals surface area contributed by atoms with Crippen LogP contribution in [0.15, 0.2) is 54.1 Å². The first-order valence-corrected chi connectivity index (χ1v) is 6.75. The molecule has 0 aliphatic heterocycles. The topological polar surface area (TPSA) is 20.2 Å². The Morgan fingerprint density at radius 1 is 1.05 bits per heavy atom. The predicted molar refractivity (Wildman–Crippen MR) is 80.9 cm³/mol. The third-order valence-corrected chi connectivity index (χ3v) is 3.88. The third kappa shape index (κ3) is 3.85. The van der Waals surface area contributed by atoms with Crippen LogP contribution in [0.4, 0.5) is 0 Å². The van der Waals surface area contributed by atoms with Crippen molar-refractivity contribution in [3.63, 3.8) is 0 Å². The maximum absolute atomic E-state index is 10.2. The summed E-state index contributed by atoms with van der Waals surface area (Å²) in [7, 11) is 0. The number of hydrogen-bond acceptors (Lipinski definition) is 1. The SMILES string of the molecule is CC1=C(c2ccc3ccccc3c2C(C)O)CC=C1.[Cl-].[Cl-].[Ti+2]. The van der Waals surface area contributed by atoms with Gasteiger partial charge in [-0.3, -0.25) is 0 Å². The van der Waals surface area contributed by atoms with Crippen molar-refractivity contribution in [2.45, 2.75) is 26.4 Å². The monoisotopic (exact) mass is 368 g/mol. The molecule has 2 aromatic carbocycles. The Bertz CT molecular complexity index is 705.